The van der Waals surface area contributed by atoms with E-state index in [0.29, 0.717) is 0 Å². The minimum absolute atomic E-state index is 0.167. The highest BCUT2D eigenvalue weighted by Gasteiger charge is 2.12. The summed E-state index contributed by atoms with van der Waals surface area (Å²) in [5, 5.41) is 0. The summed E-state index contributed by atoms with van der Waals surface area (Å²) in [7, 11) is -4.27. The second-order valence-corrected chi connectivity index (χ2v) is 10.3. The topological polar surface area (TPSA) is 66.8 Å². The molecule has 0 unspecified atom stereocenters. The number of hydrogen-bond donors (Lipinski definition) is 2. The quantitative estimate of drug-likeness (QED) is 0.0809. The molecule has 2 N–H and O–H groups in total. The molecule has 0 aliphatic carbocycles. The smallest absolute Gasteiger partial charge is 0.303 e. The number of phosphoric acid groups is 1. The second kappa shape index (κ2) is 24.5. The van der Waals surface area contributed by atoms with Gasteiger partial charge in [0.2, 0.25) is 0 Å². The van der Waals surface area contributed by atoms with Gasteiger partial charge in [-0.15, -0.1) is 0 Å². The number of phosphoric ester groups is 1. The highest BCUT2D eigenvalue weighted by atomic mass is 31.2. The molecule has 0 amide bonds. The SMILES string of the molecule is CCCCCCCC/C=C\CCCCCCCCCCCCCCCCOP(=O)(O)O. The van der Waals surface area contributed by atoms with Crippen molar-refractivity contribution in [2.24, 2.45) is 0 Å². The van der Waals surface area contributed by atoms with Gasteiger partial charge < -0.3 is 9.79 Å². The standard InChI is InChI=1S/C26H53O4P/c1-2-3-4-5-6-7-8-9-10-11-12-13-14-15-16-17-18-19-20-21-22-23-24-25-26-30-31(27,28)29/h9-10H,2-8,11-26H2,1H3,(H2,27,28,29)/b10-9-. The van der Waals surface area contributed by atoms with Crippen LogP contribution in [0.25, 0.3) is 0 Å². The van der Waals surface area contributed by atoms with E-state index in [-0.39, 0.29) is 6.61 Å². The van der Waals surface area contributed by atoms with Crippen LogP contribution >= 0.6 is 7.82 Å². The lowest BCUT2D eigenvalue weighted by molar-refractivity contribution is 0.193. The Kier molecular flexibility index (Phi) is 24.4. The average molecular weight is 461 g/mol. The van der Waals surface area contributed by atoms with Crippen molar-refractivity contribution in [3.63, 3.8) is 0 Å². The summed E-state index contributed by atoms with van der Waals surface area (Å²) in [6.45, 7) is 2.44. The molecular formula is C26H53O4P. The average Bonchev–Trinajstić information content (AvgIpc) is 2.73. The number of allylic oxidation sites excluding steroid dienone is 2. The first-order valence-corrected chi connectivity index (χ1v) is 14.9. The molecule has 0 aliphatic heterocycles. The molecule has 0 radical (unpaired) electrons. The van der Waals surface area contributed by atoms with Crippen LogP contribution in [0.5, 0.6) is 0 Å². The number of rotatable bonds is 25. The fourth-order valence-electron chi connectivity index (χ4n) is 3.95. The number of hydrogen-bond acceptors (Lipinski definition) is 2. The molecule has 0 fully saturated rings. The van der Waals surface area contributed by atoms with Crippen LogP contribution in [0.1, 0.15) is 148 Å². The predicted octanol–water partition coefficient (Wildman–Crippen LogP) is 9.25. The van der Waals surface area contributed by atoms with Crippen LogP contribution in [0.3, 0.4) is 0 Å². The third-order valence-electron chi connectivity index (χ3n) is 5.92. The molecule has 5 heteroatoms. The third-order valence-corrected chi connectivity index (χ3v) is 6.43. The van der Waals surface area contributed by atoms with E-state index in [9.17, 15) is 4.57 Å². The molecular weight excluding hydrogens is 407 g/mol. The maximum Gasteiger partial charge on any atom is 0.469 e. The first-order chi connectivity index (χ1) is 15.1. The molecule has 0 aliphatic rings. The van der Waals surface area contributed by atoms with Gasteiger partial charge >= 0.3 is 7.82 Å². The van der Waals surface area contributed by atoms with Crippen molar-refractivity contribution < 1.29 is 18.9 Å². The Bertz CT molecular complexity index is 420. The van der Waals surface area contributed by atoms with Crippen molar-refractivity contribution in [3.8, 4) is 0 Å². The van der Waals surface area contributed by atoms with E-state index in [1.807, 2.05) is 0 Å². The van der Waals surface area contributed by atoms with Gasteiger partial charge in [0.15, 0.2) is 0 Å². The molecule has 31 heavy (non-hydrogen) atoms. The molecule has 0 saturated heterocycles. The molecule has 0 atom stereocenters. The van der Waals surface area contributed by atoms with Crippen molar-refractivity contribution in [2.75, 3.05) is 6.61 Å². The Morgan fingerprint density at radius 1 is 0.548 bits per heavy atom. The first kappa shape index (κ1) is 30.9. The molecule has 0 aromatic carbocycles. The largest absolute Gasteiger partial charge is 0.469 e. The third kappa shape index (κ3) is 29.9. The molecule has 186 valence electrons. The molecule has 0 aromatic heterocycles. The maximum absolute atomic E-state index is 10.5. The van der Waals surface area contributed by atoms with E-state index in [0.717, 1.165) is 19.3 Å². The van der Waals surface area contributed by atoms with E-state index in [2.05, 4.69) is 23.6 Å². The van der Waals surface area contributed by atoms with Crippen LogP contribution in [-0.4, -0.2) is 16.4 Å². The zero-order valence-electron chi connectivity index (χ0n) is 20.6. The van der Waals surface area contributed by atoms with Crippen molar-refractivity contribution >= 4 is 7.82 Å². The van der Waals surface area contributed by atoms with Gasteiger partial charge in [0, 0.05) is 0 Å². The van der Waals surface area contributed by atoms with Crippen molar-refractivity contribution in [1.82, 2.24) is 0 Å². The lowest BCUT2D eigenvalue weighted by Gasteiger charge is -2.05. The lowest BCUT2D eigenvalue weighted by atomic mass is 10.0. The number of unbranched alkanes of at least 4 members (excludes halogenated alkanes) is 20. The Hall–Kier alpha value is -0.150. The Labute approximate surface area is 193 Å². The Balaban J connectivity index is 3.09. The van der Waals surface area contributed by atoms with Gasteiger partial charge in [-0.25, -0.2) is 4.57 Å². The fourth-order valence-corrected chi connectivity index (χ4v) is 4.31. The van der Waals surface area contributed by atoms with Crippen molar-refractivity contribution in [2.45, 2.75) is 148 Å². The summed E-state index contributed by atoms with van der Waals surface area (Å²) >= 11 is 0. The summed E-state index contributed by atoms with van der Waals surface area (Å²) in [4.78, 5) is 17.2. The van der Waals surface area contributed by atoms with E-state index in [4.69, 9.17) is 9.79 Å². The van der Waals surface area contributed by atoms with E-state index in [1.54, 1.807) is 0 Å². The predicted molar refractivity (Wildman–Crippen MR) is 134 cm³/mol. The minimum atomic E-state index is -4.27. The van der Waals surface area contributed by atoms with Gasteiger partial charge in [0.05, 0.1) is 6.61 Å². The molecule has 0 aromatic rings. The first-order valence-electron chi connectivity index (χ1n) is 13.4. The van der Waals surface area contributed by atoms with Gasteiger partial charge in [-0.2, -0.15) is 0 Å². The van der Waals surface area contributed by atoms with Crippen molar-refractivity contribution in [1.29, 1.82) is 0 Å². The van der Waals surface area contributed by atoms with Crippen LogP contribution in [0, 0.1) is 0 Å². The van der Waals surface area contributed by atoms with Crippen LogP contribution in [0.4, 0.5) is 0 Å². The second-order valence-electron chi connectivity index (χ2n) is 9.09. The highest BCUT2D eigenvalue weighted by molar-refractivity contribution is 7.46. The van der Waals surface area contributed by atoms with Crippen LogP contribution in [0.2, 0.25) is 0 Å². The molecule has 4 nitrogen and oxygen atoms in total. The Morgan fingerprint density at radius 2 is 0.871 bits per heavy atom. The molecule has 0 bridgehead atoms. The Morgan fingerprint density at radius 3 is 1.23 bits per heavy atom. The normalized spacial score (nSPS) is 12.2. The lowest BCUT2D eigenvalue weighted by Crippen LogP contribution is -1.92. The summed E-state index contributed by atoms with van der Waals surface area (Å²) in [6, 6.07) is 0. The van der Waals surface area contributed by atoms with Crippen LogP contribution in [-0.2, 0) is 9.09 Å². The summed E-state index contributed by atoms with van der Waals surface area (Å²) in [6.07, 6.45) is 33.5. The van der Waals surface area contributed by atoms with E-state index < -0.39 is 7.82 Å². The summed E-state index contributed by atoms with van der Waals surface area (Å²) in [5.41, 5.74) is 0. The van der Waals surface area contributed by atoms with Gasteiger partial charge in [0.1, 0.15) is 0 Å². The van der Waals surface area contributed by atoms with Crippen LogP contribution in [0.15, 0.2) is 12.2 Å². The van der Waals surface area contributed by atoms with Gasteiger partial charge in [-0.05, 0) is 32.1 Å². The van der Waals surface area contributed by atoms with E-state index >= 15 is 0 Å². The summed E-state index contributed by atoms with van der Waals surface area (Å²) < 4.78 is 15.0. The zero-order valence-corrected chi connectivity index (χ0v) is 21.5. The van der Waals surface area contributed by atoms with Gasteiger partial charge in [0.25, 0.3) is 0 Å². The molecule has 0 saturated carbocycles. The zero-order chi connectivity index (χ0) is 22.9. The monoisotopic (exact) mass is 460 g/mol. The van der Waals surface area contributed by atoms with Gasteiger partial charge in [-0.3, -0.25) is 4.52 Å². The van der Waals surface area contributed by atoms with Gasteiger partial charge in [-0.1, -0.05) is 128 Å². The molecule has 0 heterocycles. The highest BCUT2D eigenvalue weighted by Crippen LogP contribution is 2.35. The fraction of sp³-hybridized carbons (Fsp3) is 0.923. The van der Waals surface area contributed by atoms with Crippen LogP contribution < -0.4 is 0 Å². The maximum atomic E-state index is 10.5. The molecule has 0 rings (SSSR count). The molecule has 0 spiro atoms. The van der Waals surface area contributed by atoms with Crippen molar-refractivity contribution in [3.05, 3.63) is 12.2 Å². The van der Waals surface area contributed by atoms with E-state index in [1.165, 1.54) is 122 Å². The minimum Gasteiger partial charge on any atom is -0.303 e. The summed E-state index contributed by atoms with van der Waals surface area (Å²) in [5.74, 6) is 0.